The number of carbonyl (C=O) groups is 1. The molecule has 0 amide bonds. The van der Waals surface area contributed by atoms with Crippen LogP contribution in [0.2, 0.25) is 0 Å². The quantitative estimate of drug-likeness (QED) is 0.697. The van der Waals surface area contributed by atoms with Gasteiger partial charge in [-0.1, -0.05) is 0 Å². The van der Waals surface area contributed by atoms with Crippen LogP contribution in [0.5, 0.6) is 0 Å². The van der Waals surface area contributed by atoms with Crippen LogP contribution in [0.3, 0.4) is 0 Å². The molecule has 2 aliphatic rings. The Kier molecular flexibility index (Phi) is 4.97. The smallest absolute Gasteiger partial charge is 0.323 e. The van der Waals surface area contributed by atoms with Crippen LogP contribution in [0.25, 0.3) is 0 Å². The molecule has 0 aromatic carbocycles. The highest BCUT2D eigenvalue weighted by Crippen LogP contribution is 2.26. The number of esters is 1. The van der Waals surface area contributed by atoms with E-state index in [0.29, 0.717) is 18.8 Å². The van der Waals surface area contributed by atoms with Gasteiger partial charge in [-0.2, -0.15) is 0 Å². The Bertz CT molecular complexity index is 273. The second-order valence-electron chi connectivity index (χ2n) is 5.10. The fourth-order valence-corrected chi connectivity index (χ4v) is 2.82. The van der Waals surface area contributed by atoms with Gasteiger partial charge in [-0.25, -0.2) is 0 Å². The average Bonchev–Trinajstić information content (AvgIpc) is 2.70. The molecule has 2 bridgehead atoms. The Morgan fingerprint density at radius 1 is 1.44 bits per heavy atom. The van der Waals surface area contributed by atoms with Gasteiger partial charge in [0.05, 0.1) is 18.8 Å². The van der Waals surface area contributed by atoms with Gasteiger partial charge in [0.15, 0.2) is 0 Å². The highest BCUT2D eigenvalue weighted by Gasteiger charge is 2.33. The van der Waals surface area contributed by atoms with Crippen LogP contribution < -0.4 is 5.32 Å². The molecule has 2 heterocycles. The van der Waals surface area contributed by atoms with Crippen LogP contribution in [0.15, 0.2) is 0 Å². The Balaban J connectivity index is 1.74. The minimum atomic E-state index is -0.189. The van der Waals surface area contributed by atoms with Gasteiger partial charge in [-0.15, -0.1) is 0 Å². The van der Waals surface area contributed by atoms with E-state index in [0.717, 1.165) is 26.1 Å². The summed E-state index contributed by atoms with van der Waals surface area (Å²) in [6.45, 7) is 5.23. The van der Waals surface area contributed by atoms with Crippen molar-refractivity contribution in [2.24, 2.45) is 0 Å². The van der Waals surface area contributed by atoms with Gasteiger partial charge in [0.25, 0.3) is 0 Å². The van der Waals surface area contributed by atoms with Crippen molar-refractivity contribution in [1.82, 2.24) is 10.2 Å². The predicted octanol–water partition coefficient (Wildman–Crippen LogP) is 0.391. The molecule has 3 unspecified atom stereocenters. The Labute approximate surface area is 109 Å². The van der Waals surface area contributed by atoms with Gasteiger partial charge >= 0.3 is 5.97 Å². The summed E-state index contributed by atoms with van der Waals surface area (Å²) >= 11 is 0. The fraction of sp³-hybridized carbons (Fsp3) is 0.923. The zero-order chi connectivity index (χ0) is 13.0. The number of carbonyl (C=O) groups excluding carboxylic acids is 1. The van der Waals surface area contributed by atoms with Crippen molar-refractivity contribution in [2.75, 3.05) is 33.3 Å². The first-order valence-corrected chi connectivity index (χ1v) is 6.94. The van der Waals surface area contributed by atoms with Crippen molar-refractivity contribution in [3.63, 3.8) is 0 Å². The molecule has 0 aromatic heterocycles. The molecule has 18 heavy (non-hydrogen) atoms. The van der Waals surface area contributed by atoms with Crippen LogP contribution >= 0.6 is 0 Å². The van der Waals surface area contributed by atoms with Crippen molar-refractivity contribution in [3.8, 4) is 0 Å². The standard InChI is InChI=1S/C13H24N2O3/c1-3-17-13(16)12(14-2)6-7-15-8-10-4-5-11(9-15)18-10/h10-12,14H,3-9H2,1-2H3. The summed E-state index contributed by atoms with van der Waals surface area (Å²) in [5, 5.41) is 3.03. The Morgan fingerprint density at radius 2 is 2.11 bits per heavy atom. The van der Waals surface area contributed by atoms with Gasteiger partial charge in [-0.3, -0.25) is 9.69 Å². The van der Waals surface area contributed by atoms with E-state index in [9.17, 15) is 4.79 Å². The van der Waals surface area contributed by atoms with E-state index in [2.05, 4.69) is 10.2 Å². The normalized spacial score (nSPS) is 29.2. The second-order valence-corrected chi connectivity index (χ2v) is 5.10. The maximum atomic E-state index is 11.7. The summed E-state index contributed by atoms with van der Waals surface area (Å²) in [6.07, 6.45) is 4.01. The SMILES string of the molecule is CCOC(=O)C(CCN1CC2CCC(C1)O2)NC. The molecule has 0 spiro atoms. The van der Waals surface area contributed by atoms with E-state index in [-0.39, 0.29) is 12.0 Å². The monoisotopic (exact) mass is 256 g/mol. The highest BCUT2D eigenvalue weighted by molar-refractivity contribution is 5.75. The van der Waals surface area contributed by atoms with E-state index in [1.165, 1.54) is 12.8 Å². The number of nitrogens with zero attached hydrogens (tertiary/aromatic N) is 1. The van der Waals surface area contributed by atoms with Crippen LogP contribution in [0.4, 0.5) is 0 Å². The zero-order valence-corrected chi connectivity index (χ0v) is 11.4. The van der Waals surface area contributed by atoms with Crippen LogP contribution in [-0.2, 0) is 14.3 Å². The van der Waals surface area contributed by atoms with Gasteiger partial charge < -0.3 is 14.8 Å². The number of fused-ring (bicyclic) bond motifs is 2. The molecule has 3 atom stereocenters. The lowest BCUT2D eigenvalue weighted by Crippen LogP contribution is -2.45. The molecular formula is C13H24N2O3. The van der Waals surface area contributed by atoms with Crippen molar-refractivity contribution >= 4 is 5.97 Å². The maximum absolute atomic E-state index is 11.7. The van der Waals surface area contributed by atoms with Crippen LogP contribution in [0.1, 0.15) is 26.2 Å². The lowest BCUT2D eigenvalue weighted by Gasteiger charge is -2.32. The minimum absolute atomic E-state index is 0.142. The van der Waals surface area contributed by atoms with Crippen LogP contribution in [0, 0.1) is 0 Å². The van der Waals surface area contributed by atoms with Crippen molar-refractivity contribution in [1.29, 1.82) is 0 Å². The van der Waals surface area contributed by atoms with E-state index < -0.39 is 0 Å². The molecule has 2 rings (SSSR count). The number of morpholine rings is 1. The van der Waals surface area contributed by atoms with E-state index in [1.807, 2.05) is 14.0 Å². The summed E-state index contributed by atoms with van der Waals surface area (Å²) in [4.78, 5) is 14.1. The number of likely N-dealkylation sites (N-methyl/N-ethyl adjacent to an activating group) is 1. The number of hydrogen-bond acceptors (Lipinski definition) is 5. The molecule has 2 fully saturated rings. The minimum Gasteiger partial charge on any atom is -0.465 e. The lowest BCUT2D eigenvalue weighted by atomic mass is 10.2. The molecule has 0 aliphatic carbocycles. The summed E-state index contributed by atoms with van der Waals surface area (Å²) < 4.78 is 10.8. The predicted molar refractivity (Wildman–Crippen MR) is 68.4 cm³/mol. The van der Waals surface area contributed by atoms with Gasteiger partial charge in [-0.05, 0) is 33.2 Å². The number of ether oxygens (including phenoxy) is 2. The lowest BCUT2D eigenvalue weighted by molar-refractivity contribution is -0.145. The number of likely N-dealkylation sites (tertiary alicyclic amines) is 1. The first-order chi connectivity index (χ1) is 8.72. The van der Waals surface area contributed by atoms with Gasteiger partial charge in [0.1, 0.15) is 6.04 Å². The molecule has 2 aliphatic heterocycles. The Morgan fingerprint density at radius 3 is 2.67 bits per heavy atom. The molecule has 104 valence electrons. The first kappa shape index (κ1) is 13.8. The molecule has 0 radical (unpaired) electrons. The highest BCUT2D eigenvalue weighted by atomic mass is 16.5. The van der Waals surface area contributed by atoms with Crippen molar-refractivity contribution < 1.29 is 14.3 Å². The summed E-state index contributed by atoms with van der Waals surface area (Å²) in [5.74, 6) is -0.142. The van der Waals surface area contributed by atoms with E-state index in [1.54, 1.807) is 0 Å². The fourth-order valence-electron chi connectivity index (χ4n) is 2.82. The average molecular weight is 256 g/mol. The Hall–Kier alpha value is -0.650. The molecule has 2 saturated heterocycles. The molecule has 5 nitrogen and oxygen atoms in total. The number of rotatable bonds is 6. The number of hydrogen-bond donors (Lipinski definition) is 1. The van der Waals surface area contributed by atoms with E-state index in [4.69, 9.17) is 9.47 Å². The van der Waals surface area contributed by atoms with Crippen LogP contribution in [-0.4, -0.2) is 62.4 Å². The third kappa shape index (κ3) is 3.43. The third-order valence-corrected chi connectivity index (χ3v) is 3.77. The molecule has 0 aromatic rings. The summed E-state index contributed by atoms with van der Waals surface area (Å²) in [5.41, 5.74) is 0. The van der Waals surface area contributed by atoms with Crippen molar-refractivity contribution in [2.45, 2.75) is 44.4 Å². The summed E-state index contributed by atoms with van der Waals surface area (Å²) in [7, 11) is 1.81. The van der Waals surface area contributed by atoms with Gasteiger partial charge in [0.2, 0.25) is 0 Å². The molecule has 0 saturated carbocycles. The molecule has 1 N–H and O–H groups in total. The largest absolute Gasteiger partial charge is 0.465 e. The molecule has 5 heteroatoms. The number of nitrogens with one attached hydrogen (secondary N) is 1. The zero-order valence-electron chi connectivity index (χ0n) is 11.4. The summed E-state index contributed by atoms with van der Waals surface area (Å²) in [6, 6.07) is -0.189. The second kappa shape index (κ2) is 6.50. The topological polar surface area (TPSA) is 50.8 Å². The maximum Gasteiger partial charge on any atom is 0.323 e. The van der Waals surface area contributed by atoms with Crippen molar-refractivity contribution in [3.05, 3.63) is 0 Å². The van der Waals surface area contributed by atoms with Gasteiger partial charge in [0, 0.05) is 19.6 Å². The molecular weight excluding hydrogens is 232 g/mol. The van der Waals surface area contributed by atoms with E-state index >= 15 is 0 Å². The first-order valence-electron chi connectivity index (χ1n) is 6.94. The third-order valence-electron chi connectivity index (χ3n) is 3.77.